The molecule has 39 heavy (non-hydrogen) atoms. The number of aliphatic imine (C=N–C) groups is 1. The van der Waals surface area contributed by atoms with Crippen LogP contribution in [0.1, 0.15) is 11.1 Å². The molecule has 1 N–H and O–H groups in total. The molecule has 1 heterocycles. The fourth-order valence-electron chi connectivity index (χ4n) is 3.97. The summed E-state index contributed by atoms with van der Waals surface area (Å²) in [5.41, 5.74) is 1.93. The van der Waals surface area contributed by atoms with Crippen molar-refractivity contribution in [3.05, 3.63) is 108 Å². The lowest BCUT2D eigenvalue weighted by atomic mass is 10.1. The number of nitro groups is 1. The highest BCUT2D eigenvalue weighted by molar-refractivity contribution is 9.10. The molecule has 196 valence electrons. The van der Waals surface area contributed by atoms with Crippen LogP contribution in [0.2, 0.25) is 5.02 Å². The second-order valence-corrected chi connectivity index (χ2v) is 10.6. The number of ether oxygens (including phenoxy) is 2. The molecule has 0 radical (unpaired) electrons. The Morgan fingerprint density at radius 1 is 1.13 bits per heavy atom. The van der Waals surface area contributed by atoms with E-state index in [4.69, 9.17) is 21.1 Å². The summed E-state index contributed by atoms with van der Waals surface area (Å²) >= 11 is 10.8. The number of halogens is 2. The lowest BCUT2D eigenvalue weighted by Gasteiger charge is -2.15. The Morgan fingerprint density at radius 3 is 2.69 bits per heavy atom. The van der Waals surface area contributed by atoms with Crippen LogP contribution in [0.5, 0.6) is 11.5 Å². The normalized spacial score (nSPS) is 15.1. The van der Waals surface area contributed by atoms with Gasteiger partial charge in [-0.05, 0) is 73.9 Å². The molecule has 0 aromatic heterocycles. The van der Waals surface area contributed by atoms with Gasteiger partial charge in [-0.25, -0.2) is 4.99 Å². The number of nitrogens with zero attached hydrogens (tertiary/aromatic N) is 2. The highest BCUT2D eigenvalue weighted by Gasteiger charge is 2.25. The van der Waals surface area contributed by atoms with E-state index < -0.39 is 4.92 Å². The molecule has 8 nitrogen and oxygen atoms in total. The fraction of sp³-hybridized carbons (Fsp3) is 0.0714. The van der Waals surface area contributed by atoms with Crippen LogP contribution >= 0.6 is 39.3 Å². The van der Waals surface area contributed by atoms with Gasteiger partial charge < -0.3 is 14.8 Å². The predicted octanol–water partition coefficient (Wildman–Crippen LogP) is 7.64. The molecule has 0 bridgehead atoms. The van der Waals surface area contributed by atoms with E-state index in [9.17, 15) is 14.9 Å². The van der Waals surface area contributed by atoms with Crippen LogP contribution in [0, 0.1) is 10.1 Å². The molecule has 1 aliphatic heterocycles. The summed E-state index contributed by atoms with van der Waals surface area (Å²) in [7, 11) is 1.55. The summed E-state index contributed by atoms with van der Waals surface area (Å²) in [6.07, 6.45) is 1.71. The second kappa shape index (κ2) is 11.5. The van der Waals surface area contributed by atoms with Gasteiger partial charge >= 0.3 is 0 Å². The quantitative estimate of drug-likeness (QED) is 0.129. The Hall–Kier alpha value is -3.86. The summed E-state index contributed by atoms with van der Waals surface area (Å²) in [5.74, 6) is 0.723. The van der Waals surface area contributed by atoms with Crippen LogP contribution in [0.25, 0.3) is 16.8 Å². The highest BCUT2D eigenvalue weighted by Crippen LogP contribution is 2.39. The average molecular weight is 625 g/mol. The summed E-state index contributed by atoms with van der Waals surface area (Å²) in [6.45, 7) is 0.347. The van der Waals surface area contributed by atoms with Crippen molar-refractivity contribution in [2.75, 3.05) is 7.11 Å². The summed E-state index contributed by atoms with van der Waals surface area (Å²) in [5, 5.41) is 16.3. The smallest absolute Gasteiger partial charge is 0.271 e. The number of nitro benzene ring substituents is 1. The molecular weight excluding hydrogens is 606 g/mol. The van der Waals surface area contributed by atoms with Crippen molar-refractivity contribution in [3.8, 4) is 11.5 Å². The summed E-state index contributed by atoms with van der Waals surface area (Å²) < 4.78 is 12.4. The van der Waals surface area contributed by atoms with E-state index >= 15 is 0 Å². The van der Waals surface area contributed by atoms with Gasteiger partial charge in [0.1, 0.15) is 6.61 Å². The number of carbonyl (C=O) groups is 1. The largest absolute Gasteiger partial charge is 0.493 e. The number of methoxy groups -OCH3 is 1. The van der Waals surface area contributed by atoms with E-state index in [-0.39, 0.29) is 16.6 Å². The molecule has 5 rings (SSSR count). The van der Waals surface area contributed by atoms with Crippen molar-refractivity contribution in [1.82, 2.24) is 5.32 Å². The van der Waals surface area contributed by atoms with Crippen molar-refractivity contribution in [2.24, 2.45) is 4.99 Å². The molecule has 1 saturated heterocycles. The fourth-order valence-corrected chi connectivity index (χ4v) is 5.60. The standard InChI is InChI=1S/C28H19BrClN3O5S/c1-37-24-12-16(11-21(29)26(24)38-15-18-7-4-6-17-5-2-3-8-20(17)18)13-25-27(34)32-28(39-25)31-23-10-9-19(33(35)36)14-22(23)30/h2-14H,15H2,1H3,(H,31,32,34)/b25-13+. The van der Waals surface area contributed by atoms with Crippen molar-refractivity contribution >= 4 is 78.6 Å². The zero-order chi connectivity index (χ0) is 27.5. The molecule has 1 fully saturated rings. The van der Waals surface area contributed by atoms with Gasteiger partial charge in [0, 0.05) is 12.1 Å². The highest BCUT2D eigenvalue weighted by atomic mass is 79.9. The maximum atomic E-state index is 12.6. The molecule has 0 aliphatic carbocycles. The first-order chi connectivity index (χ1) is 18.8. The Kier molecular flexibility index (Phi) is 7.87. The maximum Gasteiger partial charge on any atom is 0.271 e. The van der Waals surface area contributed by atoms with Crippen molar-refractivity contribution in [3.63, 3.8) is 0 Å². The van der Waals surface area contributed by atoms with Gasteiger partial charge in [0.15, 0.2) is 16.7 Å². The molecule has 4 aromatic rings. The number of carbonyl (C=O) groups excluding carboxylic acids is 1. The zero-order valence-electron chi connectivity index (χ0n) is 20.3. The molecule has 0 unspecified atom stereocenters. The van der Waals surface area contributed by atoms with Gasteiger partial charge in [-0.2, -0.15) is 0 Å². The van der Waals surface area contributed by atoms with Crippen molar-refractivity contribution in [1.29, 1.82) is 0 Å². The molecule has 0 saturated carbocycles. The van der Waals surface area contributed by atoms with Crippen LogP contribution in [0.4, 0.5) is 11.4 Å². The molecule has 0 atom stereocenters. The Morgan fingerprint density at radius 2 is 1.92 bits per heavy atom. The molecular formula is C28H19BrClN3O5S. The number of rotatable bonds is 7. The van der Waals surface area contributed by atoms with E-state index in [1.807, 2.05) is 30.3 Å². The number of nitrogens with one attached hydrogen (secondary N) is 1. The van der Waals surface area contributed by atoms with Crippen molar-refractivity contribution < 1.29 is 19.2 Å². The number of amidine groups is 1. The molecule has 0 spiro atoms. The van der Waals surface area contributed by atoms with Crippen LogP contribution in [-0.4, -0.2) is 23.1 Å². The Balaban J connectivity index is 1.36. The first-order valence-corrected chi connectivity index (χ1v) is 13.5. The number of non-ortho nitro benzene ring substituents is 1. The van der Waals surface area contributed by atoms with Gasteiger partial charge in [-0.15, -0.1) is 0 Å². The SMILES string of the molecule is COc1cc(/C=C2/SC(=Nc3ccc([N+](=O)[O-])cc3Cl)NC2=O)cc(Br)c1OCc1cccc2ccccc12. The third-order valence-corrected chi connectivity index (χ3v) is 7.62. The number of hydrogen-bond donors (Lipinski definition) is 1. The predicted molar refractivity (Wildman–Crippen MR) is 158 cm³/mol. The van der Waals surface area contributed by atoms with E-state index in [2.05, 4.69) is 44.4 Å². The number of benzene rings is 4. The molecule has 11 heteroatoms. The second-order valence-electron chi connectivity index (χ2n) is 8.34. The van der Waals surface area contributed by atoms with E-state index in [1.54, 1.807) is 19.3 Å². The van der Waals surface area contributed by atoms with Gasteiger partial charge in [-0.3, -0.25) is 14.9 Å². The van der Waals surface area contributed by atoms with Gasteiger partial charge in [-0.1, -0.05) is 54.1 Å². The number of amides is 1. The minimum Gasteiger partial charge on any atom is -0.493 e. The molecule has 1 aliphatic rings. The van der Waals surface area contributed by atoms with Crippen molar-refractivity contribution in [2.45, 2.75) is 6.61 Å². The third kappa shape index (κ3) is 5.93. The summed E-state index contributed by atoms with van der Waals surface area (Å²) in [4.78, 5) is 27.7. The number of thioether (sulfide) groups is 1. The van der Waals surface area contributed by atoms with Crippen LogP contribution < -0.4 is 14.8 Å². The topological polar surface area (TPSA) is 103 Å². The minimum absolute atomic E-state index is 0.108. The van der Waals surface area contributed by atoms with E-state index in [1.165, 1.54) is 18.2 Å². The Bertz CT molecular complexity index is 1690. The number of hydrogen-bond acceptors (Lipinski definition) is 7. The van der Waals surface area contributed by atoms with E-state index in [0.717, 1.165) is 28.1 Å². The summed E-state index contributed by atoms with van der Waals surface area (Å²) in [6, 6.07) is 21.8. The zero-order valence-corrected chi connectivity index (χ0v) is 23.5. The van der Waals surface area contributed by atoms with Crippen LogP contribution in [-0.2, 0) is 11.4 Å². The number of fused-ring (bicyclic) bond motifs is 1. The lowest BCUT2D eigenvalue weighted by Crippen LogP contribution is -2.19. The first kappa shape index (κ1) is 26.7. The first-order valence-electron chi connectivity index (χ1n) is 11.5. The third-order valence-electron chi connectivity index (χ3n) is 5.82. The van der Waals surface area contributed by atoms with Gasteiger partial charge in [0.05, 0.1) is 32.1 Å². The minimum atomic E-state index is -0.540. The monoisotopic (exact) mass is 623 g/mol. The van der Waals surface area contributed by atoms with Gasteiger partial charge in [0.2, 0.25) is 0 Å². The van der Waals surface area contributed by atoms with E-state index in [0.29, 0.717) is 43.9 Å². The average Bonchev–Trinajstić information content (AvgIpc) is 3.26. The van der Waals surface area contributed by atoms with Gasteiger partial charge in [0.25, 0.3) is 11.6 Å². The Labute approximate surface area is 241 Å². The molecule has 1 amide bonds. The molecule has 4 aromatic carbocycles. The lowest BCUT2D eigenvalue weighted by molar-refractivity contribution is -0.384. The van der Waals surface area contributed by atoms with Crippen LogP contribution in [0.15, 0.2) is 87.2 Å². The van der Waals surface area contributed by atoms with Crippen LogP contribution in [0.3, 0.4) is 0 Å². The maximum absolute atomic E-state index is 12.6.